The van der Waals surface area contributed by atoms with E-state index in [1.807, 2.05) is 0 Å². The van der Waals surface area contributed by atoms with Crippen molar-refractivity contribution in [1.82, 2.24) is 14.0 Å². The third kappa shape index (κ3) is 1.24. The molecule has 0 saturated heterocycles. The number of rotatable bonds is 1. The largest absolute Gasteiger partial charge is 0.421 e. The van der Waals surface area contributed by atoms with Gasteiger partial charge in [-0.3, -0.25) is 0 Å². The third-order valence-corrected chi connectivity index (χ3v) is 1.81. The molecule has 0 bridgehead atoms. The number of hydrogen-bond donors (Lipinski definition) is 1. The van der Waals surface area contributed by atoms with Gasteiger partial charge in [-0.1, -0.05) is 4.73 Å². The van der Waals surface area contributed by atoms with E-state index in [4.69, 9.17) is 5.21 Å². The fraction of sp³-hybridized carbons (Fsp3) is 0.400. The van der Waals surface area contributed by atoms with Crippen molar-refractivity contribution in [2.75, 3.05) is 7.11 Å². The van der Waals surface area contributed by atoms with Gasteiger partial charge in [-0.05, 0) is 12.2 Å². The molecule has 0 aromatic carbocycles. The minimum atomic E-state index is -0.914. The fourth-order valence-electron chi connectivity index (χ4n) is 0.766. The van der Waals surface area contributed by atoms with E-state index in [0.717, 1.165) is 0 Å². The van der Waals surface area contributed by atoms with E-state index in [2.05, 4.69) is 17.1 Å². The zero-order chi connectivity index (χ0) is 10.2. The summed E-state index contributed by atoms with van der Waals surface area (Å²) in [5.41, 5.74) is -1.66. The molecule has 0 fully saturated rings. The van der Waals surface area contributed by atoms with Crippen LogP contribution in [-0.4, -0.2) is 26.3 Å². The van der Waals surface area contributed by atoms with Gasteiger partial charge in [0.1, 0.15) is 7.11 Å². The maximum absolute atomic E-state index is 11.2. The first-order valence-corrected chi connectivity index (χ1v) is 3.60. The van der Waals surface area contributed by atoms with Crippen LogP contribution in [0.3, 0.4) is 0 Å². The van der Waals surface area contributed by atoms with Gasteiger partial charge in [0.2, 0.25) is 0 Å². The summed E-state index contributed by atoms with van der Waals surface area (Å²) in [5, 5.41) is 9.06. The lowest BCUT2D eigenvalue weighted by Crippen LogP contribution is -2.45. The Balaban J connectivity index is 3.89. The van der Waals surface area contributed by atoms with Gasteiger partial charge in [-0.15, -0.1) is 4.73 Å². The molecule has 0 aliphatic heterocycles. The van der Waals surface area contributed by atoms with Gasteiger partial charge in [0, 0.05) is 7.05 Å². The van der Waals surface area contributed by atoms with Gasteiger partial charge in [-0.2, -0.15) is 0 Å². The molecule has 1 aromatic rings. The highest BCUT2D eigenvalue weighted by Crippen LogP contribution is 1.77. The molecule has 0 amide bonds. The molecule has 7 nitrogen and oxygen atoms in total. The van der Waals surface area contributed by atoms with E-state index in [1.54, 1.807) is 0 Å². The highest BCUT2D eigenvalue weighted by molar-refractivity contribution is 7.71. The summed E-state index contributed by atoms with van der Waals surface area (Å²) in [6.45, 7) is 0. The Labute approximate surface area is 76.9 Å². The fourth-order valence-corrected chi connectivity index (χ4v) is 0.997. The van der Waals surface area contributed by atoms with Crippen LogP contribution in [0.4, 0.5) is 0 Å². The van der Waals surface area contributed by atoms with Crippen molar-refractivity contribution < 1.29 is 10.0 Å². The van der Waals surface area contributed by atoms with Crippen LogP contribution in [0.1, 0.15) is 0 Å². The van der Waals surface area contributed by atoms with Crippen LogP contribution < -0.4 is 16.2 Å². The summed E-state index contributed by atoms with van der Waals surface area (Å²) in [4.78, 5) is 26.8. The van der Waals surface area contributed by atoms with Crippen molar-refractivity contribution in [1.29, 1.82) is 0 Å². The van der Waals surface area contributed by atoms with Crippen LogP contribution in [0.15, 0.2) is 9.59 Å². The molecule has 1 N–H and O–H groups in total. The lowest BCUT2D eigenvalue weighted by molar-refractivity contribution is 0.0853. The lowest BCUT2D eigenvalue weighted by Gasteiger charge is -2.06. The van der Waals surface area contributed by atoms with Crippen molar-refractivity contribution >= 4 is 12.2 Å². The Morgan fingerprint density at radius 1 is 1.38 bits per heavy atom. The number of hydrogen-bond acceptors (Lipinski definition) is 5. The topological polar surface area (TPSA) is 78.4 Å². The van der Waals surface area contributed by atoms with Crippen LogP contribution in [-0.2, 0) is 7.05 Å². The molecule has 72 valence electrons. The van der Waals surface area contributed by atoms with Crippen LogP contribution in [0.5, 0.6) is 0 Å². The molecule has 0 aliphatic carbocycles. The Morgan fingerprint density at radius 2 is 1.92 bits per heavy atom. The normalized spacial score (nSPS) is 10.0. The van der Waals surface area contributed by atoms with Gasteiger partial charge < -0.3 is 10.0 Å². The van der Waals surface area contributed by atoms with Crippen molar-refractivity contribution in [3.8, 4) is 0 Å². The highest BCUT2D eigenvalue weighted by Gasteiger charge is 2.08. The van der Waals surface area contributed by atoms with E-state index in [0.29, 0.717) is 9.30 Å². The van der Waals surface area contributed by atoms with Crippen molar-refractivity contribution in [3.05, 3.63) is 25.7 Å². The highest BCUT2D eigenvalue weighted by atomic mass is 32.1. The standard InChI is InChI=1S/C5H7N3O4S/c1-6-3(9)7(11)5(13)8(12-2)4(6)10/h11H,1-2H3. The third-order valence-electron chi connectivity index (χ3n) is 1.47. The lowest BCUT2D eigenvalue weighted by atomic mass is 10.9. The summed E-state index contributed by atoms with van der Waals surface area (Å²) < 4.78 is 1.03. The Hall–Kier alpha value is -1.57. The summed E-state index contributed by atoms with van der Waals surface area (Å²) in [7, 11) is 2.39. The first-order valence-electron chi connectivity index (χ1n) is 3.19. The van der Waals surface area contributed by atoms with Crippen molar-refractivity contribution in [3.63, 3.8) is 0 Å². The molecule has 13 heavy (non-hydrogen) atoms. The predicted octanol–water partition coefficient (Wildman–Crippen LogP) is -1.63. The summed E-state index contributed by atoms with van der Waals surface area (Å²) >= 11 is 4.56. The molecule has 0 spiro atoms. The van der Waals surface area contributed by atoms with Crippen LogP contribution >= 0.6 is 12.2 Å². The van der Waals surface area contributed by atoms with E-state index < -0.39 is 16.2 Å². The maximum atomic E-state index is 11.2. The quantitative estimate of drug-likeness (QED) is 0.440. The van der Waals surface area contributed by atoms with Crippen molar-refractivity contribution in [2.45, 2.75) is 0 Å². The Bertz CT molecular complexity index is 456. The number of nitrogens with zero attached hydrogens (tertiary/aromatic N) is 3. The zero-order valence-corrected chi connectivity index (χ0v) is 7.74. The SMILES string of the molecule is COn1c(=O)n(C)c(=O)n(O)c1=S. The molecule has 0 radical (unpaired) electrons. The van der Waals surface area contributed by atoms with E-state index in [1.165, 1.54) is 14.2 Å². The second-order valence-electron chi connectivity index (χ2n) is 2.20. The predicted molar refractivity (Wildman–Crippen MR) is 44.5 cm³/mol. The average molecular weight is 205 g/mol. The van der Waals surface area contributed by atoms with Gasteiger partial charge in [0.05, 0.1) is 0 Å². The smallest absolute Gasteiger partial charge is 0.367 e. The van der Waals surface area contributed by atoms with Gasteiger partial charge in [0.15, 0.2) is 0 Å². The molecule has 1 rings (SSSR count). The Morgan fingerprint density at radius 3 is 2.38 bits per heavy atom. The molecule has 8 heteroatoms. The molecular formula is C5H7N3O4S. The molecule has 0 unspecified atom stereocenters. The van der Waals surface area contributed by atoms with E-state index in [-0.39, 0.29) is 4.73 Å². The monoisotopic (exact) mass is 205 g/mol. The summed E-state index contributed by atoms with van der Waals surface area (Å²) in [6, 6.07) is 0. The van der Waals surface area contributed by atoms with Gasteiger partial charge in [0.25, 0.3) is 4.77 Å². The van der Waals surface area contributed by atoms with Crippen molar-refractivity contribution in [2.24, 2.45) is 7.05 Å². The van der Waals surface area contributed by atoms with Gasteiger partial charge in [-0.25, -0.2) is 14.2 Å². The van der Waals surface area contributed by atoms with E-state index >= 15 is 0 Å². The molecule has 0 aliphatic rings. The molecule has 0 atom stereocenters. The number of aromatic nitrogens is 3. The van der Waals surface area contributed by atoms with E-state index in [9.17, 15) is 9.59 Å². The van der Waals surface area contributed by atoms with Crippen LogP contribution in [0, 0.1) is 4.77 Å². The Kier molecular flexibility index (Phi) is 2.24. The maximum Gasteiger partial charge on any atom is 0.367 e. The molecule has 1 heterocycles. The summed E-state index contributed by atoms with van der Waals surface area (Å²) in [5.74, 6) is 0. The van der Waals surface area contributed by atoms with Crippen LogP contribution in [0.2, 0.25) is 0 Å². The minimum absolute atomic E-state index is 0.153. The van der Waals surface area contributed by atoms with Gasteiger partial charge >= 0.3 is 11.4 Å². The minimum Gasteiger partial charge on any atom is -0.421 e. The van der Waals surface area contributed by atoms with Crippen LogP contribution in [0.25, 0.3) is 0 Å². The molecule has 1 aromatic heterocycles. The second-order valence-corrected chi connectivity index (χ2v) is 2.56. The first-order chi connectivity index (χ1) is 6.00. The summed E-state index contributed by atoms with van der Waals surface area (Å²) in [6.07, 6.45) is 0. The first kappa shape index (κ1) is 9.52. The second kappa shape index (κ2) is 3.05. The molecular weight excluding hydrogens is 198 g/mol. The zero-order valence-electron chi connectivity index (χ0n) is 6.92. The molecule has 0 saturated carbocycles. The average Bonchev–Trinajstić information content (AvgIpc) is 2.13.